The Balaban J connectivity index is 2.35. The third kappa shape index (κ3) is 3.39. The first-order valence-corrected chi connectivity index (χ1v) is 4.98. The molecular formula is C9H18N4O2. The molecular weight excluding hydrogens is 196 g/mol. The maximum Gasteiger partial charge on any atom is 0.234 e. The normalized spacial score (nSPS) is 21.0. The van der Waals surface area contributed by atoms with Gasteiger partial charge in [0.25, 0.3) is 0 Å². The Morgan fingerprint density at radius 2 is 2.20 bits per heavy atom. The van der Waals surface area contributed by atoms with Crippen LogP contribution in [0, 0.1) is 5.41 Å². The number of amidine groups is 1. The van der Waals surface area contributed by atoms with Crippen LogP contribution in [0.15, 0.2) is 5.16 Å². The van der Waals surface area contributed by atoms with Gasteiger partial charge in [-0.25, -0.2) is 0 Å². The monoisotopic (exact) mass is 214 g/mol. The molecule has 0 heterocycles. The van der Waals surface area contributed by atoms with Gasteiger partial charge in [0, 0.05) is 13.0 Å². The Hall–Kier alpha value is -1.30. The van der Waals surface area contributed by atoms with Gasteiger partial charge in [-0.1, -0.05) is 5.16 Å². The Bertz CT molecular complexity index is 273. The summed E-state index contributed by atoms with van der Waals surface area (Å²) in [5.41, 5.74) is 10.6. The molecule has 0 aromatic rings. The maximum absolute atomic E-state index is 10.8. The van der Waals surface area contributed by atoms with E-state index >= 15 is 0 Å². The van der Waals surface area contributed by atoms with Crippen LogP contribution >= 0.6 is 0 Å². The zero-order chi connectivity index (χ0) is 11.5. The van der Waals surface area contributed by atoms with Crippen molar-refractivity contribution in [3.05, 3.63) is 0 Å². The Morgan fingerprint density at radius 3 is 2.60 bits per heavy atom. The van der Waals surface area contributed by atoms with E-state index < -0.39 is 0 Å². The average molecular weight is 214 g/mol. The summed E-state index contributed by atoms with van der Waals surface area (Å²) in [5, 5.41) is 14.5. The lowest BCUT2D eigenvalue weighted by Gasteiger charge is -2.17. The number of nitrogens with one attached hydrogen (secondary N) is 1. The highest BCUT2D eigenvalue weighted by molar-refractivity contribution is 5.81. The third-order valence-electron chi connectivity index (χ3n) is 2.85. The molecule has 6 N–H and O–H groups in total. The second kappa shape index (κ2) is 4.48. The lowest BCUT2D eigenvalue weighted by atomic mass is 10.0. The summed E-state index contributed by atoms with van der Waals surface area (Å²) >= 11 is 0. The topological polar surface area (TPSA) is 114 Å². The van der Waals surface area contributed by atoms with Crippen LogP contribution in [0.25, 0.3) is 0 Å². The number of nitrogens with two attached hydrogens (primary N) is 2. The van der Waals surface area contributed by atoms with Crippen molar-refractivity contribution in [1.29, 1.82) is 0 Å². The standard InChI is InChI=1S/C9H18N4O2/c1-6(8(11)14)12-5-9(2-3-9)4-7(10)13-15/h6,12,15H,2-5H2,1H3,(H2,10,13)(H2,11,14). The molecule has 1 unspecified atom stereocenters. The molecule has 1 atom stereocenters. The van der Waals surface area contributed by atoms with Gasteiger partial charge in [0.15, 0.2) is 0 Å². The SMILES string of the molecule is CC(NCC1(CC(N)=NO)CC1)C(N)=O. The largest absolute Gasteiger partial charge is 0.409 e. The molecule has 1 aliphatic carbocycles. The molecule has 0 aromatic carbocycles. The van der Waals surface area contributed by atoms with Crippen LogP contribution in [0.1, 0.15) is 26.2 Å². The molecule has 1 aliphatic rings. The van der Waals surface area contributed by atoms with Crippen LogP contribution in [0.3, 0.4) is 0 Å². The van der Waals surface area contributed by atoms with Gasteiger partial charge < -0.3 is 22.0 Å². The molecule has 1 amide bonds. The van der Waals surface area contributed by atoms with E-state index in [1.54, 1.807) is 6.92 Å². The fourth-order valence-corrected chi connectivity index (χ4v) is 1.48. The van der Waals surface area contributed by atoms with Crippen LogP contribution < -0.4 is 16.8 Å². The second-order valence-electron chi connectivity index (χ2n) is 4.27. The highest BCUT2D eigenvalue weighted by atomic mass is 16.4. The molecule has 0 saturated heterocycles. The van der Waals surface area contributed by atoms with E-state index in [2.05, 4.69) is 10.5 Å². The molecule has 1 fully saturated rings. The van der Waals surface area contributed by atoms with Gasteiger partial charge in [-0.3, -0.25) is 4.79 Å². The van der Waals surface area contributed by atoms with Gasteiger partial charge in [-0.05, 0) is 25.2 Å². The molecule has 0 bridgehead atoms. The fraction of sp³-hybridized carbons (Fsp3) is 0.778. The number of hydrogen-bond acceptors (Lipinski definition) is 4. The number of rotatable bonds is 6. The molecule has 86 valence electrons. The van der Waals surface area contributed by atoms with Crippen molar-refractivity contribution in [2.45, 2.75) is 32.2 Å². The lowest BCUT2D eigenvalue weighted by molar-refractivity contribution is -0.119. The molecule has 0 aromatic heterocycles. The van der Waals surface area contributed by atoms with Crippen molar-refractivity contribution in [3.63, 3.8) is 0 Å². The van der Waals surface area contributed by atoms with Gasteiger partial charge in [-0.2, -0.15) is 0 Å². The molecule has 1 rings (SSSR count). The van der Waals surface area contributed by atoms with Crippen LogP contribution in [0.2, 0.25) is 0 Å². The average Bonchev–Trinajstić information content (AvgIpc) is 2.94. The van der Waals surface area contributed by atoms with E-state index in [0.717, 1.165) is 12.8 Å². The number of primary amides is 1. The molecule has 0 radical (unpaired) electrons. The lowest BCUT2D eigenvalue weighted by Crippen LogP contribution is -2.42. The number of nitrogens with zero attached hydrogens (tertiary/aromatic N) is 1. The molecule has 1 saturated carbocycles. The van der Waals surface area contributed by atoms with Crippen molar-refractivity contribution in [2.24, 2.45) is 22.0 Å². The number of carbonyl (C=O) groups excluding carboxylic acids is 1. The van der Waals surface area contributed by atoms with Gasteiger partial charge in [-0.15, -0.1) is 0 Å². The number of oxime groups is 1. The summed E-state index contributed by atoms with van der Waals surface area (Å²) in [6, 6.07) is -0.338. The second-order valence-corrected chi connectivity index (χ2v) is 4.27. The van der Waals surface area contributed by atoms with E-state index in [4.69, 9.17) is 16.7 Å². The first-order valence-electron chi connectivity index (χ1n) is 4.98. The van der Waals surface area contributed by atoms with E-state index in [1.807, 2.05) is 0 Å². The van der Waals surface area contributed by atoms with Gasteiger partial charge >= 0.3 is 0 Å². The summed E-state index contributed by atoms with van der Waals surface area (Å²) in [5.74, 6) is -0.129. The first-order chi connectivity index (χ1) is 6.99. The minimum atomic E-state index is -0.366. The van der Waals surface area contributed by atoms with Gasteiger partial charge in [0.2, 0.25) is 5.91 Å². The highest BCUT2D eigenvalue weighted by Crippen LogP contribution is 2.48. The minimum absolute atomic E-state index is 0.0556. The van der Waals surface area contributed by atoms with Crippen molar-refractivity contribution < 1.29 is 10.0 Å². The van der Waals surface area contributed by atoms with E-state index in [-0.39, 0.29) is 23.2 Å². The van der Waals surface area contributed by atoms with Crippen molar-refractivity contribution >= 4 is 11.7 Å². The predicted molar refractivity (Wildman–Crippen MR) is 56.4 cm³/mol. The summed E-state index contributed by atoms with van der Waals surface area (Å²) < 4.78 is 0. The van der Waals surface area contributed by atoms with Crippen LogP contribution in [-0.2, 0) is 4.79 Å². The van der Waals surface area contributed by atoms with Gasteiger partial charge in [0.05, 0.1) is 6.04 Å². The summed E-state index contributed by atoms with van der Waals surface area (Å²) in [6.45, 7) is 2.40. The number of carbonyl (C=O) groups is 1. The van der Waals surface area contributed by atoms with E-state index in [0.29, 0.717) is 13.0 Å². The van der Waals surface area contributed by atoms with Crippen molar-refractivity contribution in [2.75, 3.05) is 6.54 Å². The summed E-state index contributed by atoms with van der Waals surface area (Å²) in [4.78, 5) is 10.8. The Labute approximate surface area is 88.7 Å². The molecule has 15 heavy (non-hydrogen) atoms. The summed E-state index contributed by atoms with van der Waals surface area (Å²) in [7, 11) is 0. The van der Waals surface area contributed by atoms with Crippen molar-refractivity contribution in [3.8, 4) is 0 Å². The maximum atomic E-state index is 10.8. The van der Waals surface area contributed by atoms with Crippen molar-refractivity contribution in [1.82, 2.24) is 5.32 Å². The number of amides is 1. The Kier molecular flexibility index (Phi) is 3.52. The molecule has 0 aliphatic heterocycles. The van der Waals surface area contributed by atoms with E-state index in [9.17, 15) is 4.79 Å². The molecule has 0 spiro atoms. The fourth-order valence-electron chi connectivity index (χ4n) is 1.48. The zero-order valence-corrected chi connectivity index (χ0v) is 8.86. The van der Waals surface area contributed by atoms with E-state index in [1.165, 1.54) is 0 Å². The molecule has 6 nitrogen and oxygen atoms in total. The minimum Gasteiger partial charge on any atom is -0.409 e. The number of hydrogen-bond donors (Lipinski definition) is 4. The quantitative estimate of drug-likeness (QED) is 0.204. The predicted octanol–water partition coefficient (Wildman–Crippen LogP) is -0.633. The van der Waals surface area contributed by atoms with Crippen LogP contribution in [0.4, 0.5) is 0 Å². The zero-order valence-electron chi connectivity index (χ0n) is 8.86. The van der Waals surface area contributed by atoms with Crippen LogP contribution in [0.5, 0.6) is 0 Å². The van der Waals surface area contributed by atoms with Crippen LogP contribution in [-0.4, -0.2) is 29.5 Å². The van der Waals surface area contributed by atoms with Gasteiger partial charge in [0.1, 0.15) is 5.84 Å². The molecule has 6 heteroatoms. The summed E-state index contributed by atoms with van der Waals surface area (Å²) in [6.07, 6.45) is 2.62. The smallest absolute Gasteiger partial charge is 0.234 e. The third-order valence-corrected chi connectivity index (χ3v) is 2.85. The Morgan fingerprint density at radius 1 is 1.60 bits per heavy atom. The highest BCUT2D eigenvalue weighted by Gasteiger charge is 2.43. The first kappa shape index (κ1) is 11.8.